The minimum absolute atomic E-state index is 0.348. The zero-order chi connectivity index (χ0) is 12.7. The van der Waals surface area contributed by atoms with Gasteiger partial charge in [-0.2, -0.15) is 0 Å². The minimum Gasteiger partial charge on any atom is -0.513 e. The van der Waals surface area contributed by atoms with E-state index in [2.05, 4.69) is 24.9 Å². The van der Waals surface area contributed by atoms with Gasteiger partial charge < -0.3 is 9.84 Å². The summed E-state index contributed by atoms with van der Waals surface area (Å²) in [5.74, 6) is 1.43. The molecule has 0 aromatic rings. The van der Waals surface area contributed by atoms with Crippen molar-refractivity contribution in [1.82, 2.24) is 4.90 Å². The molecule has 1 rings (SSSR count). The molecule has 96 valence electrons. The van der Waals surface area contributed by atoms with Gasteiger partial charge in [0.15, 0.2) is 0 Å². The van der Waals surface area contributed by atoms with Crippen LogP contribution in [0.15, 0.2) is 35.3 Å². The highest BCUT2D eigenvalue weighted by Gasteiger charge is 2.09. The average molecular weight is 237 g/mol. The molecule has 0 spiro atoms. The summed E-state index contributed by atoms with van der Waals surface area (Å²) < 4.78 is 5.49. The Labute approximate surface area is 104 Å². The maximum atomic E-state index is 9.13. The van der Waals surface area contributed by atoms with Crippen molar-refractivity contribution >= 4 is 0 Å². The first kappa shape index (κ1) is 13.8. The van der Waals surface area contributed by atoms with Gasteiger partial charge in [-0.1, -0.05) is 18.6 Å². The highest BCUT2D eigenvalue weighted by atomic mass is 16.5. The Kier molecular flexibility index (Phi) is 5.84. The Morgan fingerprint density at radius 3 is 2.82 bits per heavy atom. The van der Waals surface area contributed by atoms with Gasteiger partial charge in [-0.15, -0.1) is 0 Å². The van der Waals surface area contributed by atoms with Crippen LogP contribution in [0.4, 0.5) is 0 Å². The predicted molar refractivity (Wildman–Crippen MR) is 70.9 cm³/mol. The van der Waals surface area contributed by atoms with Gasteiger partial charge in [-0.25, -0.2) is 0 Å². The van der Waals surface area contributed by atoms with E-state index in [0.717, 1.165) is 38.3 Å². The average Bonchev–Trinajstić information content (AvgIpc) is 2.76. The summed E-state index contributed by atoms with van der Waals surface area (Å²) in [6.45, 7) is 6.41. The molecule has 1 aliphatic rings. The highest BCUT2D eigenvalue weighted by Crippen LogP contribution is 2.11. The van der Waals surface area contributed by atoms with Crippen LogP contribution in [0.2, 0.25) is 0 Å². The molecule has 0 unspecified atom stereocenters. The van der Waals surface area contributed by atoms with E-state index in [-0.39, 0.29) is 0 Å². The highest BCUT2D eigenvalue weighted by molar-refractivity contribution is 5.15. The monoisotopic (exact) mass is 237 g/mol. The van der Waals surface area contributed by atoms with Crippen molar-refractivity contribution in [2.45, 2.75) is 26.7 Å². The van der Waals surface area contributed by atoms with Crippen LogP contribution >= 0.6 is 0 Å². The zero-order valence-electron chi connectivity index (χ0n) is 11.1. The van der Waals surface area contributed by atoms with Gasteiger partial charge in [0, 0.05) is 13.0 Å². The first-order valence-corrected chi connectivity index (χ1v) is 6.17. The van der Waals surface area contributed by atoms with E-state index in [1.807, 2.05) is 6.08 Å². The molecular weight excluding hydrogens is 214 g/mol. The van der Waals surface area contributed by atoms with Crippen LogP contribution < -0.4 is 0 Å². The summed E-state index contributed by atoms with van der Waals surface area (Å²) in [6, 6.07) is 0. The second-order valence-corrected chi connectivity index (χ2v) is 4.47. The fraction of sp³-hybridized carbons (Fsp3) is 0.571. The van der Waals surface area contributed by atoms with Crippen LogP contribution in [0.5, 0.6) is 0 Å². The third-order valence-electron chi connectivity index (χ3n) is 2.69. The van der Waals surface area contributed by atoms with Crippen molar-refractivity contribution in [3.05, 3.63) is 35.3 Å². The van der Waals surface area contributed by atoms with E-state index in [0.29, 0.717) is 5.76 Å². The molecule has 0 fully saturated rings. The Bertz CT molecular complexity index is 325. The molecule has 17 heavy (non-hydrogen) atoms. The molecular formula is C14H23NO2. The molecule has 0 amide bonds. The number of rotatable bonds is 6. The molecule has 0 bridgehead atoms. The maximum absolute atomic E-state index is 9.13. The van der Waals surface area contributed by atoms with Gasteiger partial charge >= 0.3 is 0 Å². The third-order valence-corrected chi connectivity index (χ3v) is 2.69. The van der Waals surface area contributed by atoms with E-state index >= 15 is 0 Å². The summed E-state index contributed by atoms with van der Waals surface area (Å²) in [5.41, 5.74) is 1.31. The number of likely N-dealkylation sites (N-methyl/N-ethyl adjacent to an activating group) is 1. The van der Waals surface area contributed by atoms with E-state index in [9.17, 15) is 0 Å². The first-order chi connectivity index (χ1) is 8.11. The molecule has 3 heteroatoms. The minimum atomic E-state index is 0.348. The molecule has 1 aliphatic heterocycles. The smallest absolute Gasteiger partial charge is 0.106 e. The number of hydrogen-bond acceptors (Lipinski definition) is 3. The number of aliphatic hydroxyl groups is 1. The normalized spacial score (nSPS) is 17.3. The Morgan fingerprint density at radius 1 is 1.53 bits per heavy atom. The lowest BCUT2D eigenvalue weighted by Crippen LogP contribution is -2.23. The number of hydrogen-bond donors (Lipinski definition) is 1. The van der Waals surface area contributed by atoms with Crippen molar-refractivity contribution in [1.29, 1.82) is 0 Å². The van der Waals surface area contributed by atoms with Crippen molar-refractivity contribution in [2.24, 2.45) is 0 Å². The van der Waals surface area contributed by atoms with Crippen molar-refractivity contribution in [3.63, 3.8) is 0 Å². The first-order valence-electron chi connectivity index (χ1n) is 6.17. The van der Waals surface area contributed by atoms with Crippen molar-refractivity contribution in [3.8, 4) is 0 Å². The van der Waals surface area contributed by atoms with Crippen LogP contribution in [0.25, 0.3) is 0 Å². The third kappa shape index (κ3) is 5.59. The number of ether oxygens (including phenoxy) is 1. The predicted octanol–water partition coefficient (Wildman–Crippen LogP) is 3.02. The van der Waals surface area contributed by atoms with Gasteiger partial charge in [0.1, 0.15) is 5.76 Å². The SMILES string of the molecule is CC/C(=C\C=C(/C)O)CN(C)CC1=CCCO1. The van der Waals surface area contributed by atoms with Gasteiger partial charge in [0.2, 0.25) is 0 Å². The molecule has 0 aromatic carbocycles. The Hall–Kier alpha value is -1.22. The lowest BCUT2D eigenvalue weighted by molar-refractivity contribution is 0.210. The van der Waals surface area contributed by atoms with E-state index in [4.69, 9.17) is 9.84 Å². The summed E-state index contributed by atoms with van der Waals surface area (Å²) in [6.07, 6.45) is 7.93. The molecule has 0 radical (unpaired) electrons. The molecule has 0 aliphatic carbocycles. The van der Waals surface area contributed by atoms with Gasteiger partial charge in [-0.05, 0) is 32.5 Å². The fourth-order valence-corrected chi connectivity index (χ4v) is 1.77. The van der Waals surface area contributed by atoms with Gasteiger partial charge in [-0.3, -0.25) is 4.90 Å². The number of nitrogens with zero attached hydrogens (tertiary/aromatic N) is 1. The van der Waals surface area contributed by atoms with Crippen LogP contribution in [0, 0.1) is 0 Å². The van der Waals surface area contributed by atoms with Gasteiger partial charge in [0.05, 0.1) is 18.9 Å². The van der Waals surface area contributed by atoms with Crippen LogP contribution in [-0.4, -0.2) is 36.8 Å². The molecule has 0 aromatic heterocycles. The fourth-order valence-electron chi connectivity index (χ4n) is 1.77. The second-order valence-electron chi connectivity index (χ2n) is 4.47. The molecule has 3 nitrogen and oxygen atoms in total. The quantitative estimate of drug-likeness (QED) is 0.569. The van der Waals surface area contributed by atoms with E-state index in [1.54, 1.807) is 13.0 Å². The zero-order valence-corrected chi connectivity index (χ0v) is 11.1. The summed E-state index contributed by atoms with van der Waals surface area (Å²) in [4.78, 5) is 2.23. The summed E-state index contributed by atoms with van der Waals surface area (Å²) in [7, 11) is 2.08. The van der Waals surface area contributed by atoms with Gasteiger partial charge in [0.25, 0.3) is 0 Å². The van der Waals surface area contributed by atoms with Crippen molar-refractivity contribution < 1.29 is 9.84 Å². The Balaban J connectivity index is 2.44. The topological polar surface area (TPSA) is 32.7 Å². The number of allylic oxidation sites excluding steroid dienone is 3. The van der Waals surface area contributed by atoms with E-state index < -0.39 is 0 Å². The van der Waals surface area contributed by atoms with Crippen LogP contribution in [0.1, 0.15) is 26.7 Å². The maximum Gasteiger partial charge on any atom is 0.106 e. The van der Waals surface area contributed by atoms with E-state index in [1.165, 1.54) is 5.57 Å². The van der Waals surface area contributed by atoms with Crippen LogP contribution in [0.3, 0.4) is 0 Å². The summed E-state index contributed by atoms with van der Waals surface area (Å²) in [5, 5.41) is 9.13. The largest absolute Gasteiger partial charge is 0.513 e. The molecule has 1 N–H and O–H groups in total. The molecule has 0 atom stereocenters. The standard InChI is InChI=1S/C14H23NO2/c1-4-13(8-7-12(2)16)10-15(3)11-14-6-5-9-17-14/h6-8,16H,4-5,9-11H2,1-3H3/b12-7+,13-8+. The molecule has 1 heterocycles. The van der Waals surface area contributed by atoms with Crippen LogP contribution in [-0.2, 0) is 4.74 Å². The van der Waals surface area contributed by atoms with Crippen molar-refractivity contribution in [2.75, 3.05) is 26.7 Å². The Morgan fingerprint density at radius 2 is 2.29 bits per heavy atom. The number of aliphatic hydroxyl groups excluding tert-OH is 1. The molecule has 0 saturated carbocycles. The summed E-state index contributed by atoms with van der Waals surface area (Å²) >= 11 is 0. The lowest BCUT2D eigenvalue weighted by atomic mass is 10.1. The molecule has 0 saturated heterocycles. The lowest BCUT2D eigenvalue weighted by Gasteiger charge is -2.18. The second kappa shape index (κ2) is 7.17.